The molecule has 0 atom stereocenters. The number of furan rings is 1. The molecule has 8 nitrogen and oxygen atoms in total. The second-order valence-corrected chi connectivity index (χ2v) is 8.10. The Labute approximate surface area is 201 Å². The Bertz CT molecular complexity index is 1240. The summed E-state index contributed by atoms with van der Waals surface area (Å²) in [5, 5.41) is 6.38. The number of aromatic nitrogens is 2. The lowest BCUT2D eigenvalue weighted by molar-refractivity contribution is -0.113. The molecule has 0 saturated carbocycles. The number of rotatable bonds is 10. The van der Waals surface area contributed by atoms with Crippen LogP contribution >= 0.6 is 11.8 Å². The smallest absolute Gasteiger partial charge is 0.251 e. The van der Waals surface area contributed by atoms with Crippen molar-refractivity contribution in [2.45, 2.75) is 18.6 Å². The van der Waals surface area contributed by atoms with Gasteiger partial charge >= 0.3 is 0 Å². The summed E-state index contributed by atoms with van der Waals surface area (Å²) >= 11 is 1.32. The number of carbonyl (C=O) groups is 2. The number of ether oxygens (including phenoxy) is 1. The summed E-state index contributed by atoms with van der Waals surface area (Å²) in [4.78, 5) is 29.2. The van der Waals surface area contributed by atoms with Gasteiger partial charge in [-0.1, -0.05) is 23.9 Å². The van der Waals surface area contributed by atoms with E-state index in [2.05, 4.69) is 15.6 Å². The SMILES string of the molecule is CCOc1ccccc1NC(=O)CSc1nccn1-c1ccc(C(=O)NCc2ccco2)cc1. The van der Waals surface area contributed by atoms with Gasteiger partial charge in [0.1, 0.15) is 11.5 Å². The van der Waals surface area contributed by atoms with E-state index in [0.717, 1.165) is 5.69 Å². The number of carbonyl (C=O) groups excluding carboxylic acids is 2. The minimum Gasteiger partial charge on any atom is -0.492 e. The summed E-state index contributed by atoms with van der Waals surface area (Å²) in [6.45, 7) is 2.74. The van der Waals surface area contributed by atoms with Crippen LogP contribution in [0.3, 0.4) is 0 Å². The Kier molecular flexibility index (Phi) is 7.67. The van der Waals surface area contributed by atoms with E-state index < -0.39 is 0 Å². The largest absolute Gasteiger partial charge is 0.492 e. The first-order chi connectivity index (χ1) is 16.6. The molecule has 4 aromatic rings. The van der Waals surface area contributed by atoms with E-state index in [0.29, 0.717) is 41.1 Å². The molecule has 2 aromatic heterocycles. The van der Waals surface area contributed by atoms with Gasteiger partial charge in [-0.05, 0) is 55.5 Å². The van der Waals surface area contributed by atoms with Crippen LogP contribution in [-0.2, 0) is 11.3 Å². The zero-order chi connectivity index (χ0) is 23.8. The predicted molar refractivity (Wildman–Crippen MR) is 130 cm³/mol. The Morgan fingerprint density at radius 2 is 1.91 bits per heavy atom. The van der Waals surface area contributed by atoms with Crippen molar-refractivity contribution in [3.63, 3.8) is 0 Å². The van der Waals surface area contributed by atoms with Gasteiger partial charge in [-0.25, -0.2) is 4.98 Å². The van der Waals surface area contributed by atoms with E-state index in [9.17, 15) is 9.59 Å². The minimum absolute atomic E-state index is 0.157. The normalized spacial score (nSPS) is 10.6. The van der Waals surface area contributed by atoms with E-state index in [-0.39, 0.29) is 17.6 Å². The number of anilines is 1. The van der Waals surface area contributed by atoms with Crippen molar-refractivity contribution in [2.24, 2.45) is 0 Å². The van der Waals surface area contributed by atoms with E-state index in [4.69, 9.17) is 9.15 Å². The van der Waals surface area contributed by atoms with Gasteiger partial charge in [-0.3, -0.25) is 14.2 Å². The lowest BCUT2D eigenvalue weighted by atomic mass is 10.2. The number of hydrogen-bond donors (Lipinski definition) is 2. The highest BCUT2D eigenvalue weighted by molar-refractivity contribution is 7.99. The molecule has 0 unspecified atom stereocenters. The fourth-order valence-electron chi connectivity index (χ4n) is 3.22. The molecule has 0 spiro atoms. The van der Waals surface area contributed by atoms with Gasteiger partial charge in [0.05, 0.1) is 30.9 Å². The van der Waals surface area contributed by atoms with Gasteiger partial charge in [-0.2, -0.15) is 0 Å². The number of benzene rings is 2. The molecule has 174 valence electrons. The van der Waals surface area contributed by atoms with Crippen LogP contribution in [0.25, 0.3) is 5.69 Å². The molecule has 0 bridgehead atoms. The third-order valence-electron chi connectivity index (χ3n) is 4.81. The van der Waals surface area contributed by atoms with Crippen molar-refractivity contribution in [1.82, 2.24) is 14.9 Å². The number of amides is 2. The Hall–Kier alpha value is -3.98. The first-order valence-corrected chi connectivity index (χ1v) is 11.7. The van der Waals surface area contributed by atoms with Gasteiger partial charge in [0.2, 0.25) is 5.91 Å². The maximum atomic E-state index is 12.5. The highest BCUT2D eigenvalue weighted by atomic mass is 32.2. The third kappa shape index (κ3) is 5.87. The average molecular weight is 477 g/mol. The van der Waals surface area contributed by atoms with Crippen LogP contribution in [0.5, 0.6) is 5.75 Å². The van der Waals surface area contributed by atoms with E-state index in [1.807, 2.05) is 48.0 Å². The van der Waals surface area contributed by atoms with Crippen LogP contribution in [0.1, 0.15) is 23.0 Å². The molecular formula is C25H24N4O4S. The second kappa shape index (κ2) is 11.2. The van der Waals surface area contributed by atoms with Gasteiger partial charge in [0.15, 0.2) is 5.16 Å². The van der Waals surface area contributed by atoms with Crippen molar-refractivity contribution >= 4 is 29.3 Å². The predicted octanol–water partition coefficient (Wildman–Crippen LogP) is 4.52. The van der Waals surface area contributed by atoms with Crippen molar-refractivity contribution in [3.05, 3.63) is 90.6 Å². The first kappa shape index (κ1) is 23.2. The average Bonchev–Trinajstić information content (AvgIpc) is 3.55. The summed E-state index contributed by atoms with van der Waals surface area (Å²) < 4.78 is 12.7. The van der Waals surface area contributed by atoms with Crippen LogP contribution in [0, 0.1) is 0 Å². The molecule has 34 heavy (non-hydrogen) atoms. The maximum absolute atomic E-state index is 12.5. The lowest BCUT2D eigenvalue weighted by Gasteiger charge is -2.11. The molecule has 9 heteroatoms. The highest BCUT2D eigenvalue weighted by Gasteiger charge is 2.12. The maximum Gasteiger partial charge on any atom is 0.251 e. The number of nitrogens with zero attached hydrogens (tertiary/aromatic N) is 2. The number of nitrogens with one attached hydrogen (secondary N) is 2. The van der Waals surface area contributed by atoms with Crippen LogP contribution in [0.4, 0.5) is 5.69 Å². The second-order valence-electron chi connectivity index (χ2n) is 7.15. The van der Waals surface area contributed by atoms with Crippen molar-refractivity contribution in [1.29, 1.82) is 0 Å². The molecule has 0 aliphatic carbocycles. The summed E-state index contributed by atoms with van der Waals surface area (Å²) in [6.07, 6.45) is 5.06. The molecule has 4 rings (SSSR count). The molecule has 0 aliphatic heterocycles. The standard InChI is InChI=1S/C25H24N4O4S/c1-2-32-22-8-4-3-7-21(22)28-23(30)17-34-25-26-13-14-29(25)19-11-9-18(10-12-19)24(31)27-16-20-6-5-15-33-20/h3-15H,2,16-17H2,1H3,(H,27,31)(H,28,30). The molecule has 0 saturated heterocycles. The van der Waals surface area contributed by atoms with Crippen LogP contribution in [-0.4, -0.2) is 33.7 Å². The lowest BCUT2D eigenvalue weighted by Crippen LogP contribution is -2.22. The molecule has 0 radical (unpaired) electrons. The third-order valence-corrected chi connectivity index (χ3v) is 5.78. The van der Waals surface area contributed by atoms with Gasteiger partial charge in [0.25, 0.3) is 5.91 Å². The summed E-state index contributed by atoms with van der Waals surface area (Å²) in [5.41, 5.74) is 2.01. The number of para-hydroxylation sites is 2. The van der Waals surface area contributed by atoms with Crippen molar-refractivity contribution < 1.29 is 18.7 Å². The highest BCUT2D eigenvalue weighted by Crippen LogP contribution is 2.25. The van der Waals surface area contributed by atoms with Crippen LogP contribution < -0.4 is 15.4 Å². The Morgan fingerprint density at radius 1 is 1.09 bits per heavy atom. The Balaban J connectivity index is 1.35. The molecule has 0 aliphatic rings. The van der Waals surface area contributed by atoms with Gasteiger partial charge in [0, 0.05) is 23.6 Å². The van der Waals surface area contributed by atoms with Crippen LogP contribution in [0.2, 0.25) is 0 Å². The van der Waals surface area contributed by atoms with E-state index >= 15 is 0 Å². The zero-order valence-corrected chi connectivity index (χ0v) is 19.4. The fraction of sp³-hybridized carbons (Fsp3) is 0.160. The first-order valence-electron chi connectivity index (χ1n) is 10.7. The monoisotopic (exact) mass is 476 g/mol. The van der Waals surface area contributed by atoms with E-state index in [1.165, 1.54) is 11.8 Å². The quantitative estimate of drug-likeness (QED) is 0.327. The van der Waals surface area contributed by atoms with E-state index in [1.54, 1.807) is 42.8 Å². The minimum atomic E-state index is -0.188. The fourth-order valence-corrected chi connectivity index (χ4v) is 3.99. The number of thioether (sulfide) groups is 1. The molecule has 2 aromatic carbocycles. The van der Waals surface area contributed by atoms with Crippen molar-refractivity contribution in [2.75, 3.05) is 17.7 Å². The number of hydrogen-bond acceptors (Lipinski definition) is 6. The zero-order valence-electron chi connectivity index (χ0n) is 18.6. The molecular weight excluding hydrogens is 452 g/mol. The molecule has 2 heterocycles. The summed E-state index contributed by atoms with van der Waals surface area (Å²) in [5.74, 6) is 1.17. The molecule has 2 amide bonds. The molecule has 0 fully saturated rings. The summed E-state index contributed by atoms with van der Waals surface area (Å²) in [7, 11) is 0. The summed E-state index contributed by atoms with van der Waals surface area (Å²) in [6, 6.07) is 18.1. The topological polar surface area (TPSA) is 98.4 Å². The van der Waals surface area contributed by atoms with Gasteiger partial charge < -0.3 is 19.8 Å². The Morgan fingerprint density at radius 3 is 2.68 bits per heavy atom. The molecule has 2 N–H and O–H groups in total. The van der Waals surface area contributed by atoms with Gasteiger partial charge in [-0.15, -0.1) is 0 Å². The van der Waals surface area contributed by atoms with Crippen LogP contribution in [0.15, 0.2) is 88.9 Å². The number of imidazole rings is 1. The van der Waals surface area contributed by atoms with Crippen molar-refractivity contribution in [3.8, 4) is 11.4 Å².